The number of nitrogens with two attached hydrogens (primary N) is 1. The number of anilines is 1. The van der Waals surface area contributed by atoms with E-state index >= 15 is 0 Å². The van der Waals surface area contributed by atoms with Crippen molar-refractivity contribution in [3.05, 3.63) is 57.8 Å². The van der Waals surface area contributed by atoms with E-state index in [1.165, 1.54) is 6.07 Å². The zero-order valence-electron chi connectivity index (χ0n) is 10.6. The third-order valence-electron chi connectivity index (χ3n) is 3.05. The minimum Gasteiger partial charge on any atom is -0.367 e. The van der Waals surface area contributed by atoms with Crippen molar-refractivity contribution < 1.29 is 8.91 Å². The van der Waals surface area contributed by atoms with Crippen LogP contribution in [0.2, 0.25) is 5.02 Å². The summed E-state index contributed by atoms with van der Waals surface area (Å²) in [4.78, 5) is 0. The third kappa shape index (κ3) is 2.54. The number of benzene rings is 2. The van der Waals surface area contributed by atoms with Crippen LogP contribution in [-0.2, 0) is 0 Å². The van der Waals surface area contributed by atoms with Gasteiger partial charge in [0.05, 0.1) is 10.6 Å². The van der Waals surface area contributed by atoms with E-state index < -0.39 is 5.82 Å². The predicted molar refractivity (Wildman–Crippen MR) is 84.5 cm³/mol. The first-order valence-electron chi connectivity index (χ1n) is 6.03. The second-order valence-electron chi connectivity index (χ2n) is 4.37. The quantitative estimate of drug-likeness (QED) is 0.682. The van der Waals surface area contributed by atoms with E-state index in [-0.39, 0.29) is 5.88 Å². The lowest BCUT2D eigenvalue weighted by Crippen LogP contribution is -1.91. The molecule has 6 heteroatoms. The largest absolute Gasteiger partial charge is 0.367 e. The van der Waals surface area contributed by atoms with E-state index in [2.05, 4.69) is 21.1 Å². The molecule has 0 fully saturated rings. The van der Waals surface area contributed by atoms with Crippen LogP contribution in [0.3, 0.4) is 0 Å². The summed E-state index contributed by atoms with van der Waals surface area (Å²) in [5.41, 5.74) is 7.56. The Bertz CT molecular complexity index is 819. The molecular formula is C15H9BrClFN2O. The average Bonchev–Trinajstić information content (AvgIpc) is 2.84. The lowest BCUT2D eigenvalue weighted by Gasteiger charge is -2.06. The first-order valence-corrected chi connectivity index (χ1v) is 7.20. The molecule has 3 aromatic rings. The van der Waals surface area contributed by atoms with E-state index in [9.17, 15) is 4.39 Å². The second-order valence-corrected chi connectivity index (χ2v) is 5.70. The van der Waals surface area contributed by atoms with Gasteiger partial charge < -0.3 is 10.3 Å². The molecule has 21 heavy (non-hydrogen) atoms. The molecule has 0 aliphatic carbocycles. The topological polar surface area (TPSA) is 52.0 Å². The molecule has 2 N–H and O–H groups in total. The van der Waals surface area contributed by atoms with Gasteiger partial charge in [-0.05, 0) is 24.3 Å². The Labute approximate surface area is 133 Å². The van der Waals surface area contributed by atoms with Crippen molar-refractivity contribution in [1.82, 2.24) is 5.16 Å². The first-order chi connectivity index (χ1) is 10.1. The van der Waals surface area contributed by atoms with Crippen LogP contribution in [0.25, 0.3) is 22.4 Å². The minimum absolute atomic E-state index is 0.0474. The van der Waals surface area contributed by atoms with Crippen LogP contribution in [0.15, 0.2) is 51.5 Å². The Kier molecular flexibility index (Phi) is 3.69. The molecule has 0 aliphatic rings. The number of nitrogen functional groups attached to an aromatic ring is 1. The maximum Gasteiger partial charge on any atom is 0.230 e. The fourth-order valence-electron chi connectivity index (χ4n) is 2.09. The summed E-state index contributed by atoms with van der Waals surface area (Å²) in [5.74, 6) is -0.356. The molecule has 3 rings (SSSR count). The fraction of sp³-hybridized carbons (Fsp3) is 0. The van der Waals surface area contributed by atoms with Crippen LogP contribution in [0.1, 0.15) is 0 Å². The van der Waals surface area contributed by atoms with Gasteiger partial charge in [-0.15, -0.1) is 0 Å². The summed E-state index contributed by atoms with van der Waals surface area (Å²) in [6.07, 6.45) is 0. The summed E-state index contributed by atoms with van der Waals surface area (Å²) >= 11 is 9.58. The van der Waals surface area contributed by atoms with Gasteiger partial charge in [0.25, 0.3) is 0 Å². The Hall–Kier alpha value is -1.85. The van der Waals surface area contributed by atoms with Crippen molar-refractivity contribution >= 4 is 33.4 Å². The average molecular weight is 368 g/mol. The molecule has 0 unspecified atom stereocenters. The van der Waals surface area contributed by atoms with Gasteiger partial charge in [0.1, 0.15) is 11.5 Å². The third-order valence-corrected chi connectivity index (χ3v) is 3.87. The number of aromatic nitrogens is 1. The maximum atomic E-state index is 14.0. The Morgan fingerprint density at radius 1 is 1.14 bits per heavy atom. The van der Waals surface area contributed by atoms with Crippen LogP contribution in [0.4, 0.5) is 10.3 Å². The number of halogens is 3. The maximum absolute atomic E-state index is 14.0. The highest BCUT2D eigenvalue weighted by molar-refractivity contribution is 9.10. The molecule has 0 amide bonds. The van der Waals surface area contributed by atoms with E-state index in [1.54, 1.807) is 36.4 Å². The molecule has 0 radical (unpaired) electrons. The van der Waals surface area contributed by atoms with E-state index in [1.807, 2.05) is 0 Å². The summed E-state index contributed by atoms with van der Waals surface area (Å²) in [7, 11) is 0. The van der Waals surface area contributed by atoms with E-state index in [0.717, 1.165) is 4.47 Å². The molecule has 0 aliphatic heterocycles. The smallest absolute Gasteiger partial charge is 0.230 e. The van der Waals surface area contributed by atoms with Crippen molar-refractivity contribution in [2.75, 3.05) is 5.73 Å². The van der Waals surface area contributed by atoms with Gasteiger partial charge >= 0.3 is 0 Å². The Morgan fingerprint density at radius 3 is 2.67 bits per heavy atom. The van der Waals surface area contributed by atoms with Crippen LogP contribution in [0, 0.1) is 5.82 Å². The molecule has 0 atom stereocenters. The summed E-state index contributed by atoms with van der Waals surface area (Å²) in [5, 5.41) is 4.41. The van der Waals surface area contributed by atoms with Gasteiger partial charge in [-0.25, -0.2) is 4.39 Å². The molecule has 0 saturated carbocycles. The van der Waals surface area contributed by atoms with Gasteiger partial charge in [0.15, 0.2) is 0 Å². The van der Waals surface area contributed by atoms with Crippen LogP contribution >= 0.6 is 27.5 Å². The van der Waals surface area contributed by atoms with Crippen molar-refractivity contribution in [3.63, 3.8) is 0 Å². The highest BCUT2D eigenvalue weighted by atomic mass is 79.9. The zero-order chi connectivity index (χ0) is 15.0. The molecule has 0 bridgehead atoms. The first kappa shape index (κ1) is 14.1. The van der Waals surface area contributed by atoms with Crippen LogP contribution in [-0.4, -0.2) is 5.16 Å². The fourth-order valence-corrected chi connectivity index (χ4v) is 2.66. The molecule has 3 nitrogen and oxygen atoms in total. The van der Waals surface area contributed by atoms with Crippen molar-refractivity contribution in [2.45, 2.75) is 0 Å². The van der Waals surface area contributed by atoms with Crippen LogP contribution < -0.4 is 5.73 Å². The number of hydrogen-bond acceptors (Lipinski definition) is 3. The second kappa shape index (κ2) is 5.50. The Balaban J connectivity index is 2.27. The summed E-state index contributed by atoms with van der Waals surface area (Å²) < 4.78 is 19.9. The molecule has 1 aromatic heterocycles. The van der Waals surface area contributed by atoms with Gasteiger partial charge in [-0.2, -0.15) is 0 Å². The number of hydrogen-bond donors (Lipinski definition) is 1. The monoisotopic (exact) mass is 366 g/mol. The summed E-state index contributed by atoms with van der Waals surface area (Å²) in [6.45, 7) is 0. The molecule has 0 spiro atoms. The van der Waals surface area contributed by atoms with Crippen molar-refractivity contribution in [1.29, 1.82) is 0 Å². The van der Waals surface area contributed by atoms with Crippen molar-refractivity contribution in [2.24, 2.45) is 0 Å². The van der Waals surface area contributed by atoms with E-state index in [0.29, 0.717) is 27.4 Å². The molecular weight excluding hydrogens is 359 g/mol. The lowest BCUT2D eigenvalue weighted by molar-refractivity contribution is 0.439. The summed E-state index contributed by atoms with van der Waals surface area (Å²) in [6, 6.07) is 11.6. The number of nitrogens with zero attached hydrogens (tertiary/aromatic N) is 1. The SMILES string of the molecule is Nc1onc(-c2cc(Br)ccc2Cl)c1-c1ccccc1F. The Morgan fingerprint density at radius 2 is 1.90 bits per heavy atom. The highest BCUT2D eigenvalue weighted by Gasteiger charge is 2.21. The van der Waals surface area contributed by atoms with Gasteiger partial charge in [-0.3, -0.25) is 0 Å². The van der Waals surface area contributed by atoms with Gasteiger partial charge in [-0.1, -0.05) is 50.9 Å². The highest BCUT2D eigenvalue weighted by Crippen LogP contribution is 2.40. The molecule has 2 aromatic carbocycles. The predicted octanol–water partition coefficient (Wildman–Crippen LogP) is 5.15. The normalized spacial score (nSPS) is 10.8. The molecule has 1 heterocycles. The van der Waals surface area contributed by atoms with Crippen molar-refractivity contribution in [3.8, 4) is 22.4 Å². The minimum atomic E-state index is -0.403. The van der Waals surface area contributed by atoms with Gasteiger partial charge in [0, 0.05) is 15.6 Å². The molecule has 106 valence electrons. The lowest BCUT2D eigenvalue weighted by atomic mass is 10.0. The number of rotatable bonds is 2. The van der Waals surface area contributed by atoms with Crippen LogP contribution in [0.5, 0.6) is 0 Å². The zero-order valence-corrected chi connectivity index (χ0v) is 13.0. The van der Waals surface area contributed by atoms with Gasteiger partial charge in [0.2, 0.25) is 5.88 Å². The standard InChI is InChI=1S/C15H9BrClFN2O/c16-8-5-6-11(17)10(7-8)14-13(15(19)21-20-14)9-3-1-2-4-12(9)18/h1-7H,19H2. The molecule has 0 saturated heterocycles. The van der Waals surface area contributed by atoms with E-state index in [4.69, 9.17) is 21.9 Å².